The molecule has 1 amide bonds. The molecule has 2 N–H and O–H groups in total. The summed E-state index contributed by atoms with van der Waals surface area (Å²) < 4.78 is 0. The van der Waals surface area contributed by atoms with Crippen LogP contribution in [0.3, 0.4) is 0 Å². The van der Waals surface area contributed by atoms with Crippen LogP contribution < -0.4 is 10.6 Å². The molecule has 0 bridgehead atoms. The summed E-state index contributed by atoms with van der Waals surface area (Å²) in [6.45, 7) is 4.32. The molecule has 0 aromatic heterocycles. The van der Waals surface area contributed by atoms with Crippen molar-refractivity contribution in [2.24, 2.45) is 0 Å². The molecule has 1 atom stereocenters. The van der Waals surface area contributed by atoms with Crippen molar-refractivity contribution in [3.05, 3.63) is 28.8 Å². The Bertz CT molecular complexity index is 478. The molecular weight excluding hydrogens is 274 g/mol. The minimum Gasteiger partial charge on any atom is -0.325 e. The summed E-state index contributed by atoms with van der Waals surface area (Å²) in [5.41, 5.74) is 1.77. The van der Waals surface area contributed by atoms with E-state index in [4.69, 9.17) is 11.6 Å². The maximum absolute atomic E-state index is 12.1. The van der Waals surface area contributed by atoms with Crippen LogP contribution in [0.15, 0.2) is 18.2 Å². The van der Waals surface area contributed by atoms with Gasteiger partial charge in [0.25, 0.3) is 0 Å². The lowest BCUT2D eigenvalue weighted by Crippen LogP contribution is -2.41. The highest BCUT2D eigenvalue weighted by molar-refractivity contribution is 6.31. The Kier molecular flexibility index (Phi) is 5.40. The number of carbonyl (C=O) groups is 1. The van der Waals surface area contributed by atoms with Crippen molar-refractivity contribution in [3.8, 4) is 0 Å². The van der Waals surface area contributed by atoms with E-state index >= 15 is 0 Å². The molecule has 4 nitrogen and oxygen atoms in total. The zero-order valence-electron chi connectivity index (χ0n) is 12.1. The summed E-state index contributed by atoms with van der Waals surface area (Å²) in [5, 5.41) is 6.78. The monoisotopic (exact) mass is 295 g/mol. The highest BCUT2D eigenvalue weighted by Gasteiger charge is 2.25. The number of hydrogen-bond acceptors (Lipinski definition) is 3. The van der Waals surface area contributed by atoms with Crippen LogP contribution in [0.4, 0.5) is 5.69 Å². The van der Waals surface area contributed by atoms with Crippen molar-refractivity contribution in [3.63, 3.8) is 0 Å². The van der Waals surface area contributed by atoms with Crippen LogP contribution in [0.2, 0.25) is 5.02 Å². The average Bonchev–Trinajstić information content (AvgIpc) is 2.82. The molecule has 1 aromatic carbocycles. The van der Waals surface area contributed by atoms with E-state index in [1.54, 1.807) is 6.07 Å². The van der Waals surface area contributed by atoms with E-state index in [0.717, 1.165) is 37.2 Å². The molecule has 0 saturated carbocycles. The molecule has 20 heavy (non-hydrogen) atoms. The van der Waals surface area contributed by atoms with Crippen molar-refractivity contribution in [2.45, 2.75) is 25.8 Å². The van der Waals surface area contributed by atoms with Crippen molar-refractivity contribution in [1.29, 1.82) is 0 Å². The van der Waals surface area contributed by atoms with Crippen LogP contribution in [0.5, 0.6) is 0 Å². The predicted molar refractivity (Wildman–Crippen MR) is 83.3 cm³/mol. The first-order valence-corrected chi connectivity index (χ1v) is 7.42. The van der Waals surface area contributed by atoms with Gasteiger partial charge in [-0.3, -0.25) is 9.69 Å². The molecular formula is C15H22ClN3O. The van der Waals surface area contributed by atoms with Gasteiger partial charge in [0.05, 0.1) is 6.54 Å². The fourth-order valence-corrected chi connectivity index (χ4v) is 2.81. The van der Waals surface area contributed by atoms with Crippen LogP contribution in [0, 0.1) is 6.92 Å². The van der Waals surface area contributed by atoms with Crippen LogP contribution in [0.1, 0.15) is 18.4 Å². The number of nitrogens with one attached hydrogen (secondary N) is 2. The molecule has 110 valence electrons. The molecule has 1 heterocycles. The molecule has 1 fully saturated rings. The molecule has 2 rings (SSSR count). The molecule has 0 radical (unpaired) electrons. The molecule has 1 unspecified atom stereocenters. The lowest BCUT2D eigenvalue weighted by Gasteiger charge is -2.23. The van der Waals surface area contributed by atoms with E-state index in [1.165, 1.54) is 0 Å². The number of amides is 1. The van der Waals surface area contributed by atoms with E-state index in [-0.39, 0.29) is 5.91 Å². The van der Waals surface area contributed by atoms with Gasteiger partial charge >= 0.3 is 0 Å². The Morgan fingerprint density at radius 2 is 2.30 bits per heavy atom. The number of likely N-dealkylation sites (N-methyl/N-ethyl adjacent to an activating group) is 1. The van der Waals surface area contributed by atoms with E-state index in [1.807, 2.05) is 26.1 Å². The minimum absolute atomic E-state index is 0.0212. The lowest BCUT2D eigenvalue weighted by molar-refractivity contribution is -0.117. The Balaban J connectivity index is 1.90. The number of hydrogen-bond donors (Lipinski definition) is 2. The first-order chi connectivity index (χ1) is 9.60. The summed E-state index contributed by atoms with van der Waals surface area (Å²) in [4.78, 5) is 14.3. The fourth-order valence-electron chi connectivity index (χ4n) is 2.63. The van der Waals surface area contributed by atoms with Crippen LogP contribution in [0.25, 0.3) is 0 Å². The number of benzene rings is 1. The highest BCUT2D eigenvalue weighted by Crippen LogP contribution is 2.20. The van der Waals surface area contributed by atoms with E-state index in [2.05, 4.69) is 15.5 Å². The lowest BCUT2D eigenvalue weighted by atomic mass is 10.2. The molecule has 1 aliphatic rings. The third-order valence-corrected chi connectivity index (χ3v) is 4.15. The first kappa shape index (κ1) is 15.3. The third-order valence-electron chi connectivity index (χ3n) is 3.74. The van der Waals surface area contributed by atoms with Gasteiger partial charge in [-0.15, -0.1) is 0 Å². The zero-order valence-corrected chi connectivity index (χ0v) is 12.8. The second-order valence-electron chi connectivity index (χ2n) is 5.34. The number of rotatable bonds is 5. The zero-order chi connectivity index (χ0) is 14.5. The van der Waals surface area contributed by atoms with E-state index in [9.17, 15) is 4.79 Å². The Morgan fingerprint density at radius 1 is 1.50 bits per heavy atom. The highest BCUT2D eigenvalue weighted by atomic mass is 35.5. The topological polar surface area (TPSA) is 44.4 Å². The molecule has 0 spiro atoms. The van der Waals surface area contributed by atoms with Gasteiger partial charge in [-0.05, 0) is 51.1 Å². The van der Waals surface area contributed by atoms with Gasteiger partial charge in [-0.25, -0.2) is 0 Å². The van der Waals surface area contributed by atoms with Crippen molar-refractivity contribution in [2.75, 3.05) is 32.0 Å². The molecule has 1 saturated heterocycles. The number of halogens is 1. The maximum Gasteiger partial charge on any atom is 0.238 e. The predicted octanol–water partition coefficient (Wildman–Crippen LogP) is 2.27. The van der Waals surface area contributed by atoms with E-state index in [0.29, 0.717) is 17.6 Å². The van der Waals surface area contributed by atoms with Gasteiger partial charge in [0.2, 0.25) is 5.91 Å². The van der Waals surface area contributed by atoms with Gasteiger partial charge < -0.3 is 10.6 Å². The smallest absolute Gasteiger partial charge is 0.238 e. The van der Waals surface area contributed by atoms with Gasteiger partial charge in [0.1, 0.15) is 0 Å². The average molecular weight is 296 g/mol. The van der Waals surface area contributed by atoms with E-state index < -0.39 is 0 Å². The summed E-state index contributed by atoms with van der Waals surface area (Å²) in [6.07, 6.45) is 2.32. The minimum atomic E-state index is 0.0212. The van der Waals surface area contributed by atoms with Gasteiger partial charge in [-0.2, -0.15) is 0 Å². The number of aryl methyl sites for hydroxylation is 1. The normalized spacial score (nSPS) is 19.2. The molecule has 1 aliphatic heterocycles. The van der Waals surface area contributed by atoms with Crippen molar-refractivity contribution >= 4 is 23.2 Å². The van der Waals surface area contributed by atoms with Gasteiger partial charge in [0.15, 0.2) is 0 Å². The quantitative estimate of drug-likeness (QED) is 0.876. The summed E-state index contributed by atoms with van der Waals surface area (Å²) in [6, 6.07) is 6.06. The molecule has 5 heteroatoms. The number of anilines is 1. The fraction of sp³-hybridized carbons (Fsp3) is 0.533. The number of carbonyl (C=O) groups excluding carboxylic acids is 1. The number of likely N-dealkylation sites (tertiary alicyclic amines) is 1. The molecule has 0 aliphatic carbocycles. The summed E-state index contributed by atoms with van der Waals surface area (Å²) in [7, 11) is 1.95. The van der Waals surface area contributed by atoms with Crippen molar-refractivity contribution in [1.82, 2.24) is 10.2 Å². The van der Waals surface area contributed by atoms with Crippen LogP contribution in [-0.2, 0) is 4.79 Å². The Morgan fingerprint density at radius 3 is 3.00 bits per heavy atom. The van der Waals surface area contributed by atoms with Crippen molar-refractivity contribution < 1.29 is 4.79 Å². The largest absolute Gasteiger partial charge is 0.325 e. The summed E-state index contributed by atoms with van der Waals surface area (Å²) in [5.74, 6) is 0.0212. The Hall–Kier alpha value is -1.10. The van der Waals surface area contributed by atoms with Crippen LogP contribution >= 0.6 is 11.6 Å². The molecule has 1 aromatic rings. The third kappa shape index (κ3) is 3.95. The SMILES string of the molecule is CNCC1CCCN1CC(=O)Nc1ccc(C)c(Cl)c1. The second kappa shape index (κ2) is 7.07. The van der Waals surface area contributed by atoms with Gasteiger partial charge in [0, 0.05) is 23.3 Å². The number of nitrogens with zero attached hydrogens (tertiary/aromatic N) is 1. The van der Waals surface area contributed by atoms with Gasteiger partial charge in [-0.1, -0.05) is 17.7 Å². The Labute approximate surface area is 125 Å². The maximum atomic E-state index is 12.1. The second-order valence-corrected chi connectivity index (χ2v) is 5.74. The first-order valence-electron chi connectivity index (χ1n) is 7.05. The standard InChI is InChI=1S/C15H22ClN3O/c1-11-5-6-12(8-14(11)16)18-15(20)10-19-7-3-4-13(19)9-17-2/h5-6,8,13,17H,3-4,7,9-10H2,1-2H3,(H,18,20). The summed E-state index contributed by atoms with van der Waals surface area (Å²) >= 11 is 6.06. The van der Waals surface area contributed by atoms with Crippen LogP contribution in [-0.4, -0.2) is 43.5 Å².